The summed E-state index contributed by atoms with van der Waals surface area (Å²) in [4.78, 5) is 8.42. The van der Waals surface area contributed by atoms with E-state index in [2.05, 4.69) is 39.4 Å². The molecule has 2 aromatic rings. The van der Waals surface area contributed by atoms with E-state index in [1.807, 2.05) is 11.6 Å². The van der Waals surface area contributed by atoms with E-state index in [4.69, 9.17) is 0 Å². The SMILES string of the molecule is CCNc1ncnc2c1nnn2CCC(C)C. The lowest BCUT2D eigenvalue weighted by atomic mass is 10.1. The molecule has 0 aliphatic heterocycles. The Morgan fingerprint density at radius 3 is 2.88 bits per heavy atom. The first kappa shape index (κ1) is 11.8. The molecule has 0 amide bonds. The number of anilines is 1. The summed E-state index contributed by atoms with van der Waals surface area (Å²) in [5, 5.41) is 11.4. The van der Waals surface area contributed by atoms with Crippen molar-refractivity contribution in [2.45, 2.75) is 33.7 Å². The van der Waals surface area contributed by atoms with E-state index in [0.717, 1.165) is 36.5 Å². The van der Waals surface area contributed by atoms with Gasteiger partial charge in [0.05, 0.1) is 0 Å². The van der Waals surface area contributed by atoms with Crippen LogP contribution in [0, 0.1) is 5.92 Å². The van der Waals surface area contributed by atoms with Crippen molar-refractivity contribution >= 4 is 17.0 Å². The fourth-order valence-corrected chi connectivity index (χ4v) is 1.62. The zero-order chi connectivity index (χ0) is 12.3. The lowest BCUT2D eigenvalue weighted by molar-refractivity contribution is 0.485. The molecule has 6 heteroatoms. The summed E-state index contributed by atoms with van der Waals surface area (Å²) in [6.45, 7) is 8.06. The molecule has 0 bridgehead atoms. The Labute approximate surface area is 100 Å². The Hall–Kier alpha value is -1.72. The highest BCUT2D eigenvalue weighted by Gasteiger charge is 2.10. The van der Waals surface area contributed by atoms with Crippen LogP contribution >= 0.6 is 0 Å². The molecule has 1 N–H and O–H groups in total. The van der Waals surface area contributed by atoms with Gasteiger partial charge in [0.25, 0.3) is 0 Å². The third-order valence-corrected chi connectivity index (χ3v) is 2.56. The van der Waals surface area contributed by atoms with Crippen LogP contribution < -0.4 is 5.32 Å². The van der Waals surface area contributed by atoms with E-state index in [1.54, 1.807) is 6.33 Å². The van der Waals surface area contributed by atoms with Gasteiger partial charge in [-0.1, -0.05) is 19.1 Å². The molecule has 2 aromatic heterocycles. The minimum absolute atomic E-state index is 0.643. The predicted octanol–water partition coefficient (Wildman–Crippen LogP) is 1.70. The summed E-state index contributed by atoms with van der Waals surface area (Å²) in [5.41, 5.74) is 1.55. The summed E-state index contributed by atoms with van der Waals surface area (Å²) in [7, 11) is 0. The van der Waals surface area contributed by atoms with Crippen molar-refractivity contribution in [2.24, 2.45) is 5.92 Å². The lowest BCUT2D eigenvalue weighted by Gasteiger charge is -2.05. The van der Waals surface area contributed by atoms with Crippen LogP contribution in [-0.2, 0) is 6.54 Å². The van der Waals surface area contributed by atoms with Gasteiger partial charge in [0.15, 0.2) is 17.0 Å². The molecule has 2 rings (SSSR count). The van der Waals surface area contributed by atoms with Crippen molar-refractivity contribution in [3.8, 4) is 0 Å². The predicted molar refractivity (Wildman–Crippen MR) is 66.7 cm³/mol. The molecule has 0 radical (unpaired) electrons. The average molecular weight is 234 g/mol. The topological polar surface area (TPSA) is 68.5 Å². The maximum Gasteiger partial charge on any atom is 0.183 e. The Morgan fingerprint density at radius 2 is 2.18 bits per heavy atom. The second-order valence-corrected chi connectivity index (χ2v) is 4.42. The molecular weight excluding hydrogens is 216 g/mol. The highest BCUT2D eigenvalue weighted by Crippen LogP contribution is 2.16. The molecule has 6 nitrogen and oxygen atoms in total. The number of aromatic nitrogens is 5. The molecule has 0 unspecified atom stereocenters. The molecule has 0 fully saturated rings. The largest absolute Gasteiger partial charge is 0.368 e. The van der Waals surface area contributed by atoms with Gasteiger partial charge in [0, 0.05) is 13.1 Å². The Bertz CT molecular complexity index is 490. The first-order valence-electron chi connectivity index (χ1n) is 6.00. The smallest absolute Gasteiger partial charge is 0.183 e. The van der Waals surface area contributed by atoms with Gasteiger partial charge in [-0.2, -0.15) is 0 Å². The summed E-state index contributed by atoms with van der Waals surface area (Å²) in [6.07, 6.45) is 2.62. The highest BCUT2D eigenvalue weighted by molar-refractivity contribution is 5.81. The van der Waals surface area contributed by atoms with E-state index in [1.165, 1.54) is 0 Å². The zero-order valence-corrected chi connectivity index (χ0v) is 10.5. The number of hydrogen-bond donors (Lipinski definition) is 1. The Kier molecular flexibility index (Phi) is 3.51. The fraction of sp³-hybridized carbons (Fsp3) is 0.636. The van der Waals surface area contributed by atoms with Crippen molar-refractivity contribution < 1.29 is 0 Å². The molecule has 17 heavy (non-hydrogen) atoms. The Balaban J connectivity index is 2.30. The minimum atomic E-state index is 0.643. The van der Waals surface area contributed by atoms with Crippen LogP contribution in [-0.4, -0.2) is 31.5 Å². The summed E-state index contributed by atoms with van der Waals surface area (Å²) < 4.78 is 1.85. The number of nitrogens with one attached hydrogen (secondary N) is 1. The molecule has 0 saturated heterocycles. The number of nitrogens with zero attached hydrogens (tertiary/aromatic N) is 5. The van der Waals surface area contributed by atoms with Gasteiger partial charge in [-0.3, -0.25) is 0 Å². The van der Waals surface area contributed by atoms with Crippen LogP contribution in [0.1, 0.15) is 27.2 Å². The van der Waals surface area contributed by atoms with Gasteiger partial charge < -0.3 is 5.32 Å². The minimum Gasteiger partial charge on any atom is -0.368 e. The second-order valence-electron chi connectivity index (χ2n) is 4.42. The van der Waals surface area contributed by atoms with Crippen LogP contribution in [0.15, 0.2) is 6.33 Å². The fourth-order valence-electron chi connectivity index (χ4n) is 1.62. The van der Waals surface area contributed by atoms with Gasteiger partial charge in [-0.25, -0.2) is 14.6 Å². The molecule has 0 aliphatic carbocycles. The maximum atomic E-state index is 4.25. The van der Waals surface area contributed by atoms with E-state index in [-0.39, 0.29) is 0 Å². The monoisotopic (exact) mass is 234 g/mol. The Morgan fingerprint density at radius 1 is 1.35 bits per heavy atom. The van der Waals surface area contributed by atoms with E-state index < -0.39 is 0 Å². The van der Waals surface area contributed by atoms with Crippen LogP contribution in [0.3, 0.4) is 0 Å². The molecule has 0 saturated carbocycles. The third-order valence-electron chi connectivity index (χ3n) is 2.56. The van der Waals surface area contributed by atoms with Crippen LogP contribution in [0.4, 0.5) is 5.82 Å². The molecule has 0 aromatic carbocycles. The molecule has 0 atom stereocenters. The molecule has 2 heterocycles. The normalized spacial score (nSPS) is 11.3. The second kappa shape index (κ2) is 5.07. The summed E-state index contributed by atoms with van der Waals surface area (Å²) in [5.74, 6) is 1.40. The molecule has 0 spiro atoms. The van der Waals surface area contributed by atoms with Crippen LogP contribution in [0.25, 0.3) is 11.2 Å². The lowest BCUT2D eigenvalue weighted by Crippen LogP contribution is -2.05. The number of rotatable bonds is 5. The highest BCUT2D eigenvalue weighted by atomic mass is 15.4. The zero-order valence-electron chi connectivity index (χ0n) is 10.5. The van der Waals surface area contributed by atoms with Crippen molar-refractivity contribution in [2.75, 3.05) is 11.9 Å². The van der Waals surface area contributed by atoms with Crippen LogP contribution in [0.2, 0.25) is 0 Å². The first-order chi connectivity index (χ1) is 8.22. The number of aryl methyl sites for hydroxylation is 1. The third kappa shape index (κ3) is 2.51. The number of fused-ring (bicyclic) bond motifs is 1. The maximum absolute atomic E-state index is 4.25. The van der Waals surface area contributed by atoms with Gasteiger partial charge in [0.2, 0.25) is 0 Å². The van der Waals surface area contributed by atoms with Gasteiger partial charge in [-0.15, -0.1) is 5.10 Å². The number of hydrogen-bond acceptors (Lipinski definition) is 5. The van der Waals surface area contributed by atoms with Crippen molar-refractivity contribution in [3.05, 3.63) is 6.33 Å². The summed E-state index contributed by atoms with van der Waals surface area (Å²) in [6, 6.07) is 0. The van der Waals surface area contributed by atoms with Gasteiger partial charge in [-0.05, 0) is 19.3 Å². The quantitative estimate of drug-likeness (QED) is 0.852. The van der Waals surface area contributed by atoms with Gasteiger partial charge >= 0.3 is 0 Å². The van der Waals surface area contributed by atoms with Crippen molar-refractivity contribution in [1.29, 1.82) is 0 Å². The van der Waals surface area contributed by atoms with Crippen molar-refractivity contribution in [3.63, 3.8) is 0 Å². The van der Waals surface area contributed by atoms with Crippen molar-refractivity contribution in [1.82, 2.24) is 25.0 Å². The summed E-state index contributed by atoms with van der Waals surface area (Å²) >= 11 is 0. The van der Waals surface area contributed by atoms with E-state index in [0.29, 0.717) is 5.92 Å². The van der Waals surface area contributed by atoms with E-state index >= 15 is 0 Å². The molecule has 92 valence electrons. The molecular formula is C11H18N6. The van der Waals surface area contributed by atoms with Crippen LogP contribution in [0.5, 0.6) is 0 Å². The van der Waals surface area contributed by atoms with E-state index in [9.17, 15) is 0 Å². The average Bonchev–Trinajstić information content (AvgIpc) is 2.71. The molecule has 0 aliphatic rings. The standard InChI is InChI=1S/C11H18N6/c1-4-12-10-9-11(14-7-13-10)17(16-15-9)6-5-8(2)3/h7-8H,4-6H2,1-3H3,(H,12,13,14). The first-order valence-corrected chi connectivity index (χ1v) is 6.00. The van der Waals surface area contributed by atoms with Gasteiger partial charge in [0.1, 0.15) is 6.33 Å².